The Labute approximate surface area is 111 Å². The van der Waals surface area contributed by atoms with Crippen LogP contribution in [0.1, 0.15) is 17.8 Å². The Kier molecular flexibility index (Phi) is 2.71. The minimum absolute atomic E-state index is 0.556. The zero-order chi connectivity index (χ0) is 13.3. The van der Waals surface area contributed by atoms with Gasteiger partial charge >= 0.3 is 0 Å². The zero-order valence-electron chi connectivity index (χ0n) is 10.7. The molecule has 1 aromatic carbocycles. The summed E-state index contributed by atoms with van der Waals surface area (Å²) in [6.45, 7) is 0.558. The topological polar surface area (TPSA) is 63.7 Å². The second kappa shape index (κ2) is 4.39. The first-order valence-corrected chi connectivity index (χ1v) is 6.22. The van der Waals surface area contributed by atoms with Crippen molar-refractivity contribution in [3.63, 3.8) is 0 Å². The predicted molar refractivity (Wildman–Crippen MR) is 68.6 cm³/mol. The fourth-order valence-electron chi connectivity index (χ4n) is 2.55. The lowest BCUT2D eigenvalue weighted by atomic mass is 9.74. The van der Waals surface area contributed by atoms with Crippen LogP contribution in [-0.2, 0) is 18.9 Å². The number of nitrogens with zero attached hydrogens (tertiary/aromatic N) is 4. The zero-order valence-corrected chi connectivity index (χ0v) is 10.7. The lowest BCUT2D eigenvalue weighted by molar-refractivity contribution is 0.239. The molecule has 0 spiro atoms. The number of benzene rings is 1. The molecule has 0 N–H and O–H groups in total. The molecular weight excluding hydrogens is 240 g/mol. The number of ether oxygens (including phenoxy) is 1. The summed E-state index contributed by atoms with van der Waals surface area (Å²) < 4.78 is 7.36. The highest BCUT2D eigenvalue weighted by Crippen LogP contribution is 2.40. The molecule has 1 aliphatic heterocycles. The van der Waals surface area contributed by atoms with Gasteiger partial charge in [-0.1, -0.05) is 18.2 Å². The Bertz CT molecular complexity index is 643. The van der Waals surface area contributed by atoms with Crippen LogP contribution in [0.15, 0.2) is 30.6 Å². The van der Waals surface area contributed by atoms with Gasteiger partial charge in [-0.3, -0.25) is 4.68 Å². The van der Waals surface area contributed by atoms with Gasteiger partial charge < -0.3 is 4.74 Å². The third-order valence-electron chi connectivity index (χ3n) is 3.67. The first-order valence-electron chi connectivity index (χ1n) is 6.22. The van der Waals surface area contributed by atoms with E-state index in [4.69, 9.17) is 4.74 Å². The first kappa shape index (κ1) is 11.7. The molecule has 0 fully saturated rings. The van der Waals surface area contributed by atoms with E-state index in [2.05, 4.69) is 16.2 Å². The SMILES string of the molecule is Cn1ncnc1CC1(C#N)CCOc2ccccc21. The van der Waals surface area contributed by atoms with E-state index in [1.807, 2.05) is 31.3 Å². The van der Waals surface area contributed by atoms with Gasteiger partial charge in [-0.25, -0.2) is 4.98 Å². The van der Waals surface area contributed by atoms with Gasteiger partial charge in [-0.2, -0.15) is 10.4 Å². The van der Waals surface area contributed by atoms with E-state index in [0.29, 0.717) is 19.4 Å². The van der Waals surface area contributed by atoms with Crippen molar-refractivity contribution in [3.05, 3.63) is 42.0 Å². The van der Waals surface area contributed by atoms with Gasteiger partial charge in [0.05, 0.1) is 18.1 Å². The lowest BCUT2D eigenvalue weighted by Gasteiger charge is -2.32. The van der Waals surface area contributed by atoms with Crippen LogP contribution in [0.3, 0.4) is 0 Å². The number of aryl methyl sites for hydroxylation is 1. The smallest absolute Gasteiger partial charge is 0.138 e. The van der Waals surface area contributed by atoms with Crippen molar-refractivity contribution in [2.75, 3.05) is 6.61 Å². The molecule has 1 aromatic heterocycles. The maximum Gasteiger partial charge on any atom is 0.138 e. The van der Waals surface area contributed by atoms with E-state index in [0.717, 1.165) is 17.1 Å². The monoisotopic (exact) mass is 254 g/mol. The molecule has 5 heteroatoms. The molecule has 0 saturated heterocycles. The first-order chi connectivity index (χ1) is 9.25. The van der Waals surface area contributed by atoms with Crippen LogP contribution in [0.2, 0.25) is 0 Å². The van der Waals surface area contributed by atoms with E-state index in [1.54, 1.807) is 4.68 Å². The third kappa shape index (κ3) is 1.85. The van der Waals surface area contributed by atoms with Crippen LogP contribution in [0.25, 0.3) is 0 Å². The van der Waals surface area contributed by atoms with Gasteiger partial charge in [-0.05, 0) is 6.07 Å². The van der Waals surface area contributed by atoms with Crippen molar-refractivity contribution in [1.29, 1.82) is 5.26 Å². The molecule has 3 rings (SSSR count). The number of hydrogen-bond acceptors (Lipinski definition) is 4. The minimum Gasteiger partial charge on any atom is -0.493 e. The van der Waals surface area contributed by atoms with Crippen molar-refractivity contribution in [1.82, 2.24) is 14.8 Å². The Balaban J connectivity index is 2.06. The molecule has 1 atom stereocenters. The summed E-state index contributed by atoms with van der Waals surface area (Å²) >= 11 is 0. The standard InChI is InChI=1S/C14H14N4O/c1-18-13(16-10-17-18)8-14(9-15)6-7-19-12-5-3-2-4-11(12)14/h2-5,10H,6-8H2,1H3. The van der Waals surface area contributed by atoms with E-state index in [1.165, 1.54) is 6.33 Å². The maximum atomic E-state index is 9.72. The Morgan fingerprint density at radius 2 is 2.32 bits per heavy atom. The molecule has 0 radical (unpaired) electrons. The molecule has 2 heterocycles. The number of nitriles is 1. The number of rotatable bonds is 2. The maximum absolute atomic E-state index is 9.72. The van der Waals surface area contributed by atoms with E-state index >= 15 is 0 Å². The summed E-state index contributed by atoms with van der Waals surface area (Å²) in [6.07, 6.45) is 2.75. The quantitative estimate of drug-likeness (QED) is 0.816. The second-order valence-electron chi connectivity index (χ2n) is 4.77. The second-order valence-corrected chi connectivity index (χ2v) is 4.77. The Morgan fingerprint density at radius 1 is 1.47 bits per heavy atom. The number of hydrogen-bond donors (Lipinski definition) is 0. The van der Waals surface area contributed by atoms with E-state index < -0.39 is 5.41 Å². The van der Waals surface area contributed by atoms with E-state index in [9.17, 15) is 5.26 Å². The van der Waals surface area contributed by atoms with Crippen molar-refractivity contribution >= 4 is 0 Å². The highest BCUT2D eigenvalue weighted by molar-refractivity contribution is 5.46. The molecular formula is C14H14N4O. The normalized spacial score (nSPS) is 21.3. The molecule has 0 saturated carbocycles. The Morgan fingerprint density at radius 3 is 3.05 bits per heavy atom. The van der Waals surface area contributed by atoms with Crippen LogP contribution in [0.4, 0.5) is 0 Å². The van der Waals surface area contributed by atoms with Crippen molar-refractivity contribution in [3.8, 4) is 11.8 Å². The summed E-state index contributed by atoms with van der Waals surface area (Å²) in [5, 5.41) is 13.8. The molecule has 1 unspecified atom stereocenters. The van der Waals surface area contributed by atoms with Crippen LogP contribution in [0, 0.1) is 11.3 Å². The highest BCUT2D eigenvalue weighted by atomic mass is 16.5. The summed E-state index contributed by atoms with van der Waals surface area (Å²) in [4.78, 5) is 4.24. The van der Waals surface area contributed by atoms with Crippen molar-refractivity contribution in [2.45, 2.75) is 18.3 Å². The van der Waals surface area contributed by atoms with Gasteiger partial charge in [-0.15, -0.1) is 0 Å². The molecule has 0 aliphatic carbocycles. The molecule has 1 aliphatic rings. The average Bonchev–Trinajstić information content (AvgIpc) is 2.84. The van der Waals surface area contributed by atoms with Crippen LogP contribution in [0.5, 0.6) is 5.75 Å². The van der Waals surface area contributed by atoms with Crippen LogP contribution < -0.4 is 4.74 Å². The molecule has 96 valence electrons. The number of aromatic nitrogens is 3. The largest absolute Gasteiger partial charge is 0.493 e. The minimum atomic E-state index is -0.574. The van der Waals surface area contributed by atoms with Gasteiger partial charge in [0.25, 0.3) is 0 Å². The molecule has 0 bridgehead atoms. The van der Waals surface area contributed by atoms with Gasteiger partial charge in [0.2, 0.25) is 0 Å². The average molecular weight is 254 g/mol. The van der Waals surface area contributed by atoms with Crippen molar-refractivity contribution < 1.29 is 4.74 Å². The van der Waals surface area contributed by atoms with Gasteiger partial charge in [0.1, 0.15) is 17.9 Å². The number of para-hydroxylation sites is 1. The van der Waals surface area contributed by atoms with E-state index in [-0.39, 0.29) is 0 Å². The summed E-state index contributed by atoms with van der Waals surface area (Å²) in [7, 11) is 1.85. The fourth-order valence-corrected chi connectivity index (χ4v) is 2.55. The predicted octanol–water partition coefficient (Wildman–Crippen LogP) is 1.60. The summed E-state index contributed by atoms with van der Waals surface area (Å²) in [5.41, 5.74) is 0.377. The van der Waals surface area contributed by atoms with Gasteiger partial charge in [0.15, 0.2) is 0 Å². The summed E-state index contributed by atoms with van der Waals surface area (Å²) in [5.74, 6) is 1.62. The van der Waals surface area contributed by atoms with Crippen molar-refractivity contribution in [2.24, 2.45) is 7.05 Å². The molecule has 19 heavy (non-hydrogen) atoms. The van der Waals surface area contributed by atoms with Crippen LogP contribution in [-0.4, -0.2) is 21.4 Å². The Hall–Kier alpha value is -2.35. The van der Waals surface area contributed by atoms with Gasteiger partial charge in [0, 0.05) is 25.5 Å². The van der Waals surface area contributed by atoms with Crippen LogP contribution >= 0.6 is 0 Å². The lowest BCUT2D eigenvalue weighted by Crippen LogP contribution is -2.34. The molecule has 0 amide bonds. The highest BCUT2D eigenvalue weighted by Gasteiger charge is 2.39. The third-order valence-corrected chi connectivity index (χ3v) is 3.67. The fraction of sp³-hybridized carbons (Fsp3) is 0.357. The molecule has 5 nitrogen and oxygen atoms in total. The molecule has 2 aromatic rings. The number of fused-ring (bicyclic) bond motifs is 1. The summed E-state index contributed by atoms with van der Waals surface area (Å²) in [6, 6.07) is 10.2.